The van der Waals surface area contributed by atoms with Crippen molar-refractivity contribution < 1.29 is 4.79 Å². The predicted octanol–water partition coefficient (Wildman–Crippen LogP) is 2.64. The van der Waals surface area contributed by atoms with Crippen molar-refractivity contribution in [1.29, 1.82) is 0 Å². The predicted molar refractivity (Wildman–Crippen MR) is 90.1 cm³/mol. The van der Waals surface area contributed by atoms with E-state index in [1.807, 2.05) is 44.2 Å². The van der Waals surface area contributed by atoms with Gasteiger partial charge in [-0.25, -0.2) is 14.6 Å². The number of amides is 1. The Kier molecular flexibility index (Phi) is 4.46. The van der Waals surface area contributed by atoms with Gasteiger partial charge in [0.2, 0.25) is 11.9 Å². The summed E-state index contributed by atoms with van der Waals surface area (Å²) in [5.74, 6) is 0.473. The summed E-state index contributed by atoms with van der Waals surface area (Å²) in [6, 6.07) is 9.65. The van der Waals surface area contributed by atoms with Crippen LogP contribution in [-0.4, -0.2) is 30.6 Å². The van der Waals surface area contributed by atoms with Crippen LogP contribution in [0.5, 0.6) is 0 Å². The molecule has 0 saturated carbocycles. The lowest BCUT2D eigenvalue weighted by Crippen LogP contribution is -2.18. The molecule has 0 fully saturated rings. The van der Waals surface area contributed by atoms with Crippen LogP contribution in [-0.2, 0) is 0 Å². The molecule has 1 amide bonds. The molecule has 0 aliphatic rings. The van der Waals surface area contributed by atoms with Crippen molar-refractivity contribution in [3.63, 3.8) is 0 Å². The van der Waals surface area contributed by atoms with Crippen molar-refractivity contribution >= 4 is 23.5 Å². The van der Waals surface area contributed by atoms with Gasteiger partial charge in [-0.15, -0.1) is 0 Å². The SMILES string of the molecule is CC(C)n1ncnc1NC(=O)c1cnc(Nc2ccccc2)nc1. The number of nitrogens with one attached hydrogen (secondary N) is 2. The zero-order valence-corrected chi connectivity index (χ0v) is 13.3. The van der Waals surface area contributed by atoms with E-state index in [0.717, 1.165) is 5.69 Å². The van der Waals surface area contributed by atoms with E-state index in [2.05, 4.69) is 30.7 Å². The highest BCUT2D eigenvalue weighted by Crippen LogP contribution is 2.13. The van der Waals surface area contributed by atoms with Crippen LogP contribution in [0.25, 0.3) is 0 Å². The number of hydrogen-bond acceptors (Lipinski definition) is 6. The van der Waals surface area contributed by atoms with Crippen LogP contribution >= 0.6 is 0 Å². The minimum atomic E-state index is -0.337. The Labute approximate surface area is 139 Å². The molecule has 0 unspecified atom stereocenters. The third kappa shape index (κ3) is 3.54. The fourth-order valence-electron chi connectivity index (χ4n) is 2.05. The first-order valence-electron chi connectivity index (χ1n) is 7.48. The molecule has 24 heavy (non-hydrogen) atoms. The second-order valence-corrected chi connectivity index (χ2v) is 5.36. The van der Waals surface area contributed by atoms with Crippen molar-refractivity contribution in [3.8, 4) is 0 Å². The number of para-hydroxylation sites is 1. The smallest absolute Gasteiger partial charge is 0.261 e. The molecule has 2 heterocycles. The van der Waals surface area contributed by atoms with E-state index in [0.29, 0.717) is 17.5 Å². The minimum Gasteiger partial charge on any atom is -0.324 e. The average Bonchev–Trinajstić information content (AvgIpc) is 3.05. The molecule has 122 valence electrons. The molecule has 8 nitrogen and oxygen atoms in total. The number of carbonyl (C=O) groups is 1. The molecule has 8 heteroatoms. The summed E-state index contributed by atoms with van der Waals surface area (Å²) in [6.45, 7) is 3.91. The fraction of sp³-hybridized carbons (Fsp3) is 0.188. The van der Waals surface area contributed by atoms with Gasteiger partial charge in [0.15, 0.2) is 0 Å². The topological polar surface area (TPSA) is 97.6 Å². The van der Waals surface area contributed by atoms with Gasteiger partial charge in [-0.2, -0.15) is 10.1 Å². The number of benzene rings is 1. The fourth-order valence-corrected chi connectivity index (χ4v) is 2.05. The highest BCUT2D eigenvalue weighted by molar-refractivity contribution is 6.02. The summed E-state index contributed by atoms with van der Waals surface area (Å²) in [6.07, 6.45) is 4.33. The molecule has 3 aromatic rings. The van der Waals surface area contributed by atoms with E-state index in [4.69, 9.17) is 0 Å². The van der Waals surface area contributed by atoms with Gasteiger partial charge < -0.3 is 5.32 Å². The van der Waals surface area contributed by atoms with Gasteiger partial charge in [0, 0.05) is 18.1 Å². The molecule has 0 aliphatic carbocycles. The Bertz CT molecular complexity index is 812. The molecule has 3 rings (SSSR count). The molecule has 0 spiro atoms. The second kappa shape index (κ2) is 6.86. The zero-order valence-electron chi connectivity index (χ0n) is 13.3. The summed E-state index contributed by atoms with van der Waals surface area (Å²) < 4.78 is 1.63. The molecule has 1 aromatic carbocycles. The van der Waals surface area contributed by atoms with Crippen LogP contribution in [0.2, 0.25) is 0 Å². The maximum atomic E-state index is 12.3. The van der Waals surface area contributed by atoms with Gasteiger partial charge in [-0.1, -0.05) is 18.2 Å². The van der Waals surface area contributed by atoms with Crippen LogP contribution in [0.15, 0.2) is 49.1 Å². The largest absolute Gasteiger partial charge is 0.324 e. The summed E-state index contributed by atoms with van der Waals surface area (Å²) in [4.78, 5) is 24.6. The van der Waals surface area contributed by atoms with Gasteiger partial charge in [-0.3, -0.25) is 10.1 Å². The maximum Gasteiger partial charge on any atom is 0.261 e. The minimum absolute atomic E-state index is 0.0940. The van der Waals surface area contributed by atoms with Gasteiger partial charge in [0.25, 0.3) is 5.91 Å². The van der Waals surface area contributed by atoms with Crippen molar-refractivity contribution in [2.45, 2.75) is 19.9 Å². The Balaban J connectivity index is 1.69. The van der Waals surface area contributed by atoms with Crippen LogP contribution in [0.4, 0.5) is 17.6 Å². The van der Waals surface area contributed by atoms with E-state index in [9.17, 15) is 4.79 Å². The highest BCUT2D eigenvalue weighted by atomic mass is 16.1. The van der Waals surface area contributed by atoms with E-state index >= 15 is 0 Å². The van der Waals surface area contributed by atoms with Gasteiger partial charge in [0.05, 0.1) is 11.6 Å². The third-order valence-electron chi connectivity index (χ3n) is 3.23. The van der Waals surface area contributed by atoms with Crippen LogP contribution < -0.4 is 10.6 Å². The lowest BCUT2D eigenvalue weighted by atomic mass is 10.3. The van der Waals surface area contributed by atoms with Crippen molar-refractivity contribution in [2.24, 2.45) is 0 Å². The molecule has 2 aromatic heterocycles. The van der Waals surface area contributed by atoms with Gasteiger partial charge in [0.1, 0.15) is 6.33 Å². The van der Waals surface area contributed by atoms with Gasteiger partial charge >= 0.3 is 0 Å². The number of carbonyl (C=O) groups excluding carboxylic acids is 1. The van der Waals surface area contributed by atoms with Crippen molar-refractivity contribution in [3.05, 3.63) is 54.6 Å². The molecule has 0 bridgehead atoms. The molecular weight excluding hydrogens is 306 g/mol. The van der Waals surface area contributed by atoms with Crippen LogP contribution in [0.1, 0.15) is 30.2 Å². The molecule has 0 radical (unpaired) electrons. The number of nitrogens with zero attached hydrogens (tertiary/aromatic N) is 5. The molecule has 0 saturated heterocycles. The number of aromatic nitrogens is 5. The quantitative estimate of drug-likeness (QED) is 0.749. The lowest BCUT2D eigenvalue weighted by molar-refractivity contribution is 0.102. The molecular formula is C16H17N7O. The average molecular weight is 323 g/mol. The van der Waals surface area contributed by atoms with Gasteiger partial charge in [-0.05, 0) is 26.0 Å². The zero-order chi connectivity index (χ0) is 16.9. The lowest BCUT2D eigenvalue weighted by Gasteiger charge is -2.10. The van der Waals surface area contributed by atoms with E-state index in [1.165, 1.54) is 18.7 Å². The molecule has 0 atom stereocenters. The normalized spacial score (nSPS) is 10.6. The summed E-state index contributed by atoms with van der Waals surface area (Å²) in [5.41, 5.74) is 1.21. The first-order valence-corrected chi connectivity index (χ1v) is 7.48. The van der Waals surface area contributed by atoms with Crippen molar-refractivity contribution in [2.75, 3.05) is 10.6 Å². The highest BCUT2D eigenvalue weighted by Gasteiger charge is 2.13. The Hall–Kier alpha value is -3.29. The Morgan fingerprint density at radius 2 is 1.79 bits per heavy atom. The molecule has 2 N–H and O–H groups in total. The van der Waals surface area contributed by atoms with Crippen LogP contribution in [0.3, 0.4) is 0 Å². The van der Waals surface area contributed by atoms with E-state index in [-0.39, 0.29) is 11.9 Å². The van der Waals surface area contributed by atoms with Crippen LogP contribution in [0, 0.1) is 0 Å². The standard InChI is InChI=1S/C16H17N7O/c1-11(2)23-16(19-10-20-23)22-14(24)12-8-17-15(18-9-12)21-13-6-4-3-5-7-13/h3-11H,1-2H3,(H,17,18,21)(H,19,20,22,24). The Morgan fingerprint density at radius 3 is 2.46 bits per heavy atom. The summed E-state index contributed by atoms with van der Waals surface area (Å²) in [7, 11) is 0. The second-order valence-electron chi connectivity index (χ2n) is 5.36. The third-order valence-corrected chi connectivity index (χ3v) is 3.23. The summed E-state index contributed by atoms with van der Waals surface area (Å²) >= 11 is 0. The summed E-state index contributed by atoms with van der Waals surface area (Å²) in [5, 5.41) is 9.84. The number of anilines is 3. The first-order chi connectivity index (χ1) is 11.6. The number of rotatable bonds is 5. The molecule has 0 aliphatic heterocycles. The maximum absolute atomic E-state index is 12.3. The number of hydrogen-bond donors (Lipinski definition) is 2. The van der Waals surface area contributed by atoms with E-state index in [1.54, 1.807) is 4.68 Å². The van der Waals surface area contributed by atoms with Crippen molar-refractivity contribution in [1.82, 2.24) is 24.7 Å². The Morgan fingerprint density at radius 1 is 1.08 bits per heavy atom. The monoisotopic (exact) mass is 323 g/mol. The van der Waals surface area contributed by atoms with E-state index < -0.39 is 0 Å². The first kappa shape index (κ1) is 15.6.